The highest BCUT2D eigenvalue weighted by atomic mass is 35.5. The molecule has 0 aliphatic carbocycles. The van der Waals surface area contributed by atoms with Crippen LogP contribution in [0, 0.1) is 5.41 Å². The number of urea groups is 1. The van der Waals surface area contributed by atoms with Crippen molar-refractivity contribution in [1.82, 2.24) is 10.2 Å². The van der Waals surface area contributed by atoms with Gasteiger partial charge in [-0.25, -0.2) is 4.79 Å². The van der Waals surface area contributed by atoms with Gasteiger partial charge >= 0.3 is 12.0 Å². The molecule has 2 rings (SSSR count). The van der Waals surface area contributed by atoms with E-state index in [4.69, 9.17) is 16.3 Å². The molecule has 1 saturated heterocycles. The molecule has 0 radical (unpaired) electrons. The molecule has 23 heavy (non-hydrogen) atoms. The number of nitrogens with zero attached hydrogens (tertiary/aromatic N) is 1. The maximum atomic E-state index is 12.4. The molecule has 1 aromatic rings. The van der Waals surface area contributed by atoms with Crippen LogP contribution in [0.3, 0.4) is 0 Å². The largest absolute Gasteiger partial charge is 0.481 e. The van der Waals surface area contributed by atoms with E-state index in [-0.39, 0.29) is 18.6 Å². The van der Waals surface area contributed by atoms with Crippen LogP contribution in [-0.2, 0) is 9.53 Å². The Labute approximate surface area is 140 Å². The van der Waals surface area contributed by atoms with Crippen LogP contribution in [0.1, 0.15) is 24.9 Å². The number of hydrogen-bond donors (Lipinski definition) is 2. The van der Waals surface area contributed by atoms with Crippen LogP contribution in [0.5, 0.6) is 0 Å². The highest BCUT2D eigenvalue weighted by Gasteiger charge is 2.42. The SMILES string of the molecule is COCC(NC(=O)N1CCC(C)(C(=O)O)C1)c1ccc(Cl)cc1. The zero-order valence-corrected chi connectivity index (χ0v) is 14.0. The number of ether oxygens (including phenoxy) is 1. The quantitative estimate of drug-likeness (QED) is 0.863. The van der Waals surface area contributed by atoms with Gasteiger partial charge in [0.15, 0.2) is 0 Å². The first-order valence-corrected chi connectivity index (χ1v) is 7.77. The van der Waals surface area contributed by atoms with Gasteiger partial charge in [0, 0.05) is 25.2 Å². The van der Waals surface area contributed by atoms with E-state index in [9.17, 15) is 14.7 Å². The molecule has 6 nitrogen and oxygen atoms in total. The van der Waals surface area contributed by atoms with Gasteiger partial charge in [0.1, 0.15) is 0 Å². The lowest BCUT2D eigenvalue weighted by atomic mass is 9.90. The van der Waals surface area contributed by atoms with Crippen molar-refractivity contribution in [3.63, 3.8) is 0 Å². The van der Waals surface area contributed by atoms with E-state index >= 15 is 0 Å². The van der Waals surface area contributed by atoms with Gasteiger partial charge < -0.3 is 20.1 Å². The second-order valence-corrected chi connectivity index (χ2v) is 6.48. The number of carboxylic acid groups (broad SMARTS) is 1. The van der Waals surface area contributed by atoms with Crippen molar-refractivity contribution in [1.29, 1.82) is 0 Å². The Bertz CT molecular complexity index is 578. The predicted octanol–water partition coefficient (Wildman–Crippen LogP) is 2.53. The summed E-state index contributed by atoms with van der Waals surface area (Å²) in [5, 5.41) is 12.8. The van der Waals surface area contributed by atoms with Crippen molar-refractivity contribution >= 4 is 23.6 Å². The summed E-state index contributed by atoms with van der Waals surface area (Å²) in [7, 11) is 1.56. The summed E-state index contributed by atoms with van der Waals surface area (Å²) >= 11 is 5.88. The van der Waals surface area contributed by atoms with Gasteiger partial charge in [0.25, 0.3) is 0 Å². The minimum atomic E-state index is -0.881. The average molecular weight is 341 g/mol. The van der Waals surface area contributed by atoms with Crippen LogP contribution >= 0.6 is 11.6 Å². The first-order chi connectivity index (χ1) is 10.9. The van der Waals surface area contributed by atoms with Gasteiger partial charge in [0.2, 0.25) is 0 Å². The van der Waals surface area contributed by atoms with Crippen molar-refractivity contribution in [2.45, 2.75) is 19.4 Å². The van der Waals surface area contributed by atoms with Crippen LogP contribution < -0.4 is 5.32 Å². The molecule has 0 saturated carbocycles. The highest BCUT2D eigenvalue weighted by Crippen LogP contribution is 2.30. The number of aliphatic carboxylic acids is 1. The number of likely N-dealkylation sites (tertiary alicyclic amines) is 1. The molecule has 0 spiro atoms. The van der Waals surface area contributed by atoms with E-state index in [0.29, 0.717) is 24.6 Å². The van der Waals surface area contributed by atoms with Gasteiger partial charge in [0.05, 0.1) is 18.1 Å². The number of methoxy groups -OCH3 is 1. The van der Waals surface area contributed by atoms with E-state index < -0.39 is 11.4 Å². The standard InChI is InChI=1S/C16H21ClN2O4/c1-16(14(20)21)7-8-19(10-16)15(22)18-13(9-23-2)11-3-5-12(17)6-4-11/h3-6,13H,7-10H2,1-2H3,(H,18,22)(H,20,21). The van der Waals surface area contributed by atoms with Gasteiger partial charge in [-0.2, -0.15) is 0 Å². The molecule has 1 aliphatic rings. The Balaban J connectivity index is 2.04. The molecular formula is C16H21ClN2O4. The van der Waals surface area contributed by atoms with Crippen molar-refractivity contribution in [3.8, 4) is 0 Å². The topological polar surface area (TPSA) is 78.9 Å². The molecule has 7 heteroatoms. The molecule has 1 fully saturated rings. The summed E-state index contributed by atoms with van der Waals surface area (Å²) in [5.41, 5.74) is -0.00115. The monoisotopic (exact) mass is 340 g/mol. The fourth-order valence-corrected chi connectivity index (χ4v) is 2.76. The minimum absolute atomic E-state index is 0.203. The zero-order chi connectivity index (χ0) is 17.0. The molecular weight excluding hydrogens is 320 g/mol. The van der Waals surface area contributed by atoms with Gasteiger partial charge in [-0.3, -0.25) is 4.79 Å². The van der Waals surface area contributed by atoms with Crippen molar-refractivity contribution < 1.29 is 19.4 Å². The smallest absolute Gasteiger partial charge is 0.317 e. The number of benzene rings is 1. The average Bonchev–Trinajstić information content (AvgIpc) is 2.92. The Morgan fingerprint density at radius 1 is 1.43 bits per heavy atom. The lowest BCUT2D eigenvalue weighted by Gasteiger charge is -2.24. The summed E-state index contributed by atoms with van der Waals surface area (Å²) in [5.74, 6) is -0.876. The number of rotatable bonds is 5. The van der Waals surface area contributed by atoms with Gasteiger partial charge in [-0.05, 0) is 31.0 Å². The van der Waals surface area contributed by atoms with Crippen LogP contribution in [0.25, 0.3) is 0 Å². The third-order valence-corrected chi connectivity index (χ3v) is 4.43. The predicted molar refractivity (Wildman–Crippen MR) is 86.5 cm³/mol. The van der Waals surface area contributed by atoms with Crippen molar-refractivity contribution in [2.24, 2.45) is 5.41 Å². The fourth-order valence-electron chi connectivity index (χ4n) is 2.63. The molecule has 0 aromatic heterocycles. The lowest BCUT2D eigenvalue weighted by molar-refractivity contribution is -0.147. The van der Waals surface area contributed by atoms with Crippen LogP contribution in [0.4, 0.5) is 4.79 Å². The van der Waals surface area contributed by atoms with Crippen LogP contribution in [-0.4, -0.2) is 48.8 Å². The Kier molecular flexibility index (Phi) is 5.49. The number of carboxylic acids is 1. The molecule has 1 aromatic carbocycles. The molecule has 2 amide bonds. The molecule has 2 atom stereocenters. The van der Waals surface area contributed by atoms with Crippen molar-refractivity contribution in [3.05, 3.63) is 34.9 Å². The molecule has 1 heterocycles. The van der Waals surface area contributed by atoms with Crippen molar-refractivity contribution in [2.75, 3.05) is 26.8 Å². The zero-order valence-electron chi connectivity index (χ0n) is 13.2. The normalized spacial score (nSPS) is 22.0. The maximum absolute atomic E-state index is 12.4. The number of halogens is 1. The third-order valence-electron chi connectivity index (χ3n) is 4.18. The maximum Gasteiger partial charge on any atom is 0.317 e. The summed E-state index contributed by atoms with van der Waals surface area (Å²) in [6.07, 6.45) is 0.450. The van der Waals surface area contributed by atoms with Gasteiger partial charge in [-0.15, -0.1) is 0 Å². The molecule has 2 N–H and O–H groups in total. The number of carbonyl (C=O) groups excluding carboxylic acids is 1. The Hall–Kier alpha value is -1.79. The summed E-state index contributed by atoms with van der Waals surface area (Å²) < 4.78 is 5.17. The molecule has 0 bridgehead atoms. The summed E-state index contributed by atoms with van der Waals surface area (Å²) in [6, 6.07) is 6.56. The fraction of sp³-hybridized carbons (Fsp3) is 0.500. The molecule has 126 valence electrons. The summed E-state index contributed by atoms with van der Waals surface area (Å²) in [6.45, 7) is 2.61. The number of nitrogens with one attached hydrogen (secondary N) is 1. The minimum Gasteiger partial charge on any atom is -0.481 e. The number of amides is 2. The highest BCUT2D eigenvalue weighted by molar-refractivity contribution is 6.30. The third kappa shape index (κ3) is 4.14. The first-order valence-electron chi connectivity index (χ1n) is 7.39. The Morgan fingerprint density at radius 2 is 2.09 bits per heavy atom. The van der Waals surface area contributed by atoms with E-state index in [1.165, 1.54) is 4.90 Å². The Morgan fingerprint density at radius 3 is 2.61 bits per heavy atom. The van der Waals surface area contributed by atoms with E-state index in [2.05, 4.69) is 5.32 Å². The summed E-state index contributed by atoms with van der Waals surface area (Å²) in [4.78, 5) is 25.2. The van der Waals surface area contributed by atoms with Crippen LogP contribution in [0.2, 0.25) is 5.02 Å². The lowest BCUT2D eigenvalue weighted by Crippen LogP contribution is -2.43. The number of carbonyl (C=O) groups is 2. The molecule has 2 unspecified atom stereocenters. The number of hydrogen-bond acceptors (Lipinski definition) is 3. The van der Waals surface area contributed by atoms with Crippen LogP contribution in [0.15, 0.2) is 24.3 Å². The molecule has 1 aliphatic heterocycles. The first kappa shape index (κ1) is 17.6. The van der Waals surface area contributed by atoms with E-state index in [0.717, 1.165) is 5.56 Å². The van der Waals surface area contributed by atoms with E-state index in [1.54, 1.807) is 26.2 Å². The second kappa shape index (κ2) is 7.19. The van der Waals surface area contributed by atoms with Gasteiger partial charge in [-0.1, -0.05) is 23.7 Å². The van der Waals surface area contributed by atoms with E-state index in [1.807, 2.05) is 12.1 Å². The second-order valence-electron chi connectivity index (χ2n) is 6.05.